The van der Waals surface area contributed by atoms with E-state index in [0.29, 0.717) is 0 Å². The first kappa shape index (κ1) is 13.3. The SMILES string of the molecule is Cc1ccc(Nc2nnc(SCCCO)s2)cc1. The van der Waals surface area contributed by atoms with Gasteiger partial charge in [-0.2, -0.15) is 0 Å². The van der Waals surface area contributed by atoms with Gasteiger partial charge in [-0.15, -0.1) is 10.2 Å². The Labute approximate surface area is 114 Å². The molecule has 0 fully saturated rings. The first-order valence-corrected chi connectivity index (χ1v) is 7.49. The van der Waals surface area contributed by atoms with Crippen molar-refractivity contribution in [3.05, 3.63) is 29.8 Å². The molecule has 0 spiro atoms. The van der Waals surface area contributed by atoms with Crippen LogP contribution in [0.1, 0.15) is 12.0 Å². The molecule has 1 heterocycles. The van der Waals surface area contributed by atoms with Crippen LogP contribution in [0, 0.1) is 6.92 Å². The average Bonchev–Trinajstić information content (AvgIpc) is 2.80. The monoisotopic (exact) mass is 281 g/mol. The molecule has 96 valence electrons. The normalized spacial score (nSPS) is 10.6. The van der Waals surface area contributed by atoms with E-state index in [9.17, 15) is 0 Å². The molecule has 2 N–H and O–H groups in total. The molecule has 1 aromatic heterocycles. The van der Waals surface area contributed by atoms with Gasteiger partial charge in [0, 0.05) is 18.0 Å². The standard InChI is InChI=1S/C12H15N3OS2/c1-9-3-5-10(6-4-9)13-11-14-15-12(18-11)17-8-2-7-16/h3-6,16H,2,7-8H2,1H3,(H,13,14). The molecule has 0 amide bonds. The Morgan fingerprint density at radius 3 is 2.78 bits per heavy atom. The van der Waals surface area contributed by atoms with Crippen molar-refractivity contribution in [3.63, 3.8) is 0 Å². The van der Waals surface area contributed by atoms with Crippen LogP contribution >= 0.6 is 23.1 Å². The lowest BCUT2D eigenvalue weighted by Gasteiger charge is -2.01. The maximum atomic E-state index is 8.71. The third-order valence-electron chi connectivity index (χ3n) is 2.24. The predicted octanol–water partition coefficient (Wildman–Crippen LogP) is 3.06. The maximum absolute atomic E-state index is 8.71. The van der Waals surface area contributed by atoms with Gasteiger partial charge in [0.2, 0.25) is 5.13 Å². The number of nitrogens with one attached hydrogen (secondary N) is 1. The van der Waals surface area contributed by atoms with Crippen LogP contribution in [0.2, 0.25) is 0 Å². The van der Waals surface area contributed by atoms with E-state index in [1.807, 2.05) is 12.1 Å². The second-order valence-corrected chi connectivity index (χ2v) is 6.11. The smallest absolute Gasteiger partial charge is 0.210 e. The van der Waals surface area contributed by atoms with E-state index in [0.717, 1.165) is 27.3 Å². The quantitative estimate of drug-likeness (QED) is 0.629. The molecular formula is C12H15N3OS2. The number of nitrogens with zero attached hydrogens (tertiary/aromatic N) is 2. The fourth-order valence-electron chi connectivity index (χ4n) is 1.30. The fourth-order valence-corrected chi connectivity index (χ4v) is 3.07. The summed E-state index contributed by atoms with van der Waals surface area (Å²) in [6.45, 7) is 2.28. The number of aliphatic hydroxyl groups excluding tert-OH is 1. The molecule has 2 aromatic rings. The van der Waals surface area contributed by atoms with E-state index in [-0.39, 0.29) is 6.61 Å². The molecule has 2 rings (SSSR count). The highest BCUT2D eigenvalue weighted by atomic mass is 32.2. The minimum absolute atomic E-state index is 0.222. The van der Waals surface area contributed by atoms with Crippen molar-refractivity contribution in [2.75, 3.05) is 17.7 Å². The number of rotatable bonds is 6. The highest BCUT2D eigenvalue weighted by Gasteiger charge is 2.04. The van der Waals surface area contributed by atoms with Crippen molar-refractivity contribution < 1.29 is 5.11 Å². The molecule has 1 aromatic carbocycles. The zero-order valence-electron chi connectivity index (χ0n) is 10.1. The Morgan fingerprint density at radius 2 is 2.06 bits per heavy atom. The van der Waals surface area contributed by atoms with Crippen LogP contribution in [0.15, 0.2) is 28.6 Å². The summed E-state index contributed by atoms with van der Waals surface area (Å²) in [7, 11) is 0. The van der Waals surface area contributed by atoms with Gasteiger partial charge < -0.3 is 10.4 Å². The summed E-state index contributed by atoms with van der Waals surface area (Å²) in [6.07, 6.45) is 0.783. The molecule has 6 heteroatoms. The van der Waals surface area contributed by atoms with Crippen LogP contribution in [-0.2, 0) is 0 Å². The van der Waals surface area contributed by atoms with Crippen molar-refractivity contribution in [2.45, 2.75) is 17.7 Å². The van der Waals surface area contributed by atoms with Crippen LogP contribution in [0.4, 0.5) is 10.8 Å². The molecule has 0 saturated heterocycles. The molecular weight excluding hydrogens is 266 g/mol. The number of hydrogen-bond acceptors (Lipinski definition) is 6. The van der Waals surface area contributed by atoms with E-state index in [1.54, 1.807) is 11.8 Å². The van der Waals surface area contributed by atoms with E-state index in [1.165, 1.54) is 16.9 Å². The second-order valence-electron chi connectivity index (χ2n) is 3.79. The number of aryl methyl sites for hydroxylation is 1. The van der Waals surface area contributed by atoms with Crippen molar-refractivity contribution in [1.82, 2.24) is 10.2 Å². The lowest BCUT2D eigenvalue weighted by atomic mass is 10.2. The van der Waals surface area contributed by atoms with E-state index < -0.39 is 0 Å². The van der Waals surface area contributed by atoms with E-state index in [2.05, 4.69) is 34.6 Å². The van der Waals surface area contributed by atoms with Gasteiger partial charge in [-0.25, -0.2) is 0 Å². The van der Waals surface area contributed by atoms with E-state index in [4.69, 9.17) is 5.11 Å². The van der Waals surface area contributed by atoms with Crippen molar-refractivity contribution in [2.24, 2.45) is 0 Å². The van der Waals surface area contributed by atoms with Gasteiger partial charge in [-0.3, -0.25) is 0 Å². The van der Waals surface area contributed by atoms with Crippen LogP contribution in [0.5, 0.6) is 0 Å². The van der Waals surface area contributed by atoms with Crippen LogP contribution in [-0.4, -0.2) is 27.7 Å². The second kappa shape index (κ2) is 6.72. The minimum Gasteiger partial charge on any atom is -0.396 e. The molecule has 0 aliphatic carbocycles. The number of anilines is 2. The lowest BCUT2D eigenvalue weighted by Crippen LogP contribution is -1.88. The summed E-state index contributed by atoms with van der Waals surface area (Å²) < 4.78 is 0.929. The highest BCUT2D eigenvalue weighted by molar-refractivity contribution is 8.01. The molecule has 0 atom stereocenters. The number of hydrogen-bond donors (Lipinski definition) is 2. The fraction of sp³-hybridized carbons (Fsp3) is 0.333. The lowest BCUT2D eigenvalue weighted by molar-refractivity contribution is 0.296. The van der Waals surface area contributed by atoms with Gasteiger partial charge in [0.25, 0.3) is 0 Å². The largest absolute Gasteiger partial charge is 0.396 e. The summed E-state index contributed by atoms with van der Waals surface area (Å²) in [5.74, 6) is 0.871. The Balaban J connectivity index is 1.91. The minimum atomic E-state index is 0.222. The molecule has 0 bridgehead atoms. The molecule has 0 saturated carbocycles. The average molecular weight is 281 g/mol. The Bertz CT molecular complexity index is 484. The summed E-state index contributed by atoms with van der Waals surface area (Å²) in [4.78, 5) is 0. The van der Waals surface area contributed by atoms with Gasteiger partial charge in [0.15, 0.2) is 4.34 Å². The summed E-state index contributed by atoms with van der Waals surface area (Å²) in [5, 5.41) is 20.9. The molecule has 0 radical (unpaired) electrons. The third kappa shape index (κ3) is 3.97. The Morgan fingerprint density at radius 1 is 1.28 bits per heavy atom. The summed E-state index contributed by atoms with van der Waals surface area (Å²) in [5.41, 5.74) is 2.25. The highest BCUT2D eigenvalue weighted by Crippen LogP contribution is 2.27. The van der Waals surface area contributed by atoms with Crippen molar-refractivity contribution in [3.8, 4) is 0 Å². The molecule has 0 aliphatic rings. The first-order valence-electron chi connectivity index (χ1n) is 5.69. The maximum Gasteiger partial charge on any atom is 0.210 e. The zero-order valence-corrected chi connectivity index (χ0v) is 11.7. The summed E-state index contributed by atoms with van der Waals surface area (Å²) in [6, 6.07) is 8.16. The van der Waals surface area contributed by atoms with Gasteiger partial charge in [0.1, 0.15) is 0 Å². The van der Waals surface area contributed by atoms with E-state index >= 15 is 0 Å². The van der Waals surface area contributed by atoms with Crippen molar-refractivity contribution >= 4 is 33.9 Å². The van der Waals surface area contributed by atoms with Crippen LogP contribution in [0.25, 0.3) is 0 Å². The molecule has 18 heavy (non-hydrogen) atoms. The van der Waals surface area contributed by atoms with Gasteiger partial charge in [-0.05, 0) is 25.5 Å². The van der Waals surface area contributed by atoms with Crippen LogP contribution in [0.3, 0.4) is 0 Å². The third-order valence-corrected chi connectivity index (χ3v) is 4.30. The molecule has 4 nitrogen and oxygen atoms in total. The predicted molar refractivity (Wildman–Crippen MR) is 76.8 cm³/mol. The molecule has 0 aliphatic heterocycles. The summed E-state index contributed by atoms with van der Waals surface area (Å²) >= 11 is 3.15. The topological polar surface area (TPSA) is 58.0 Å². The number of aromatic nitrogens is 2. The first-order chi connectivity index (χ1) is 8.78. The number of thioether (sulfide) groups is 1. The van der Waals surface area contributed by atoms with Crippen LogP contribution < -0.4 is 5.32 Å². The number of benzene rings is 1. The Kier molecular flexibility index (Phi) is 4.98. The number of aliphatic hydroxyl groups is 1. The van der Waals surface area contributed by atoms with Crippen molar-refractivity contribution in [1.29, 1.82) is 0 Å². The Hall–Kier alpha value is -1.11. The zero-order chi connectivity index (χ0) is 12.8. The van der Waals surface area contributed by atoms with Gasteiger partial charge in [0.05, 0.1) is 0 Å². The van der Waals surface area contributed by atoms with Gasteiger partial charge in [-0.1, -0.05) is 40.8 Å². The molecule has 0 unspecified atom stereocenters. The van der Waals surface area contributed by atoms with Gasteiger partial charge >= 0.3 is 0 Å².